The highest BCUT2D eigenvalue weighted by molar-refractivity contribution is 5.89. The number of hydrogen-bond donors (Lipinski definition) is 1. The lowest BCUT2D eigenvalue weighted by molar-refractivity contribution is 0.208. The highest BCUT2D eigenvalue weighted by Crippen LogP contribution is 2.21. The van der Waals surface area contributed by atoms with Crippen molar-refractivity contribution in [3.05, 3.63) is 59.7 Å². The highest BCUT2D eigenvalue weighted by Gasteiger charge is 2.22. The summed E-state index contributed by atoms with van der Waals surface area (Å²) in [5.74, 6) is 0. The van der Waals surface area contributed by atoms with Gasteiger partial charge in [-0.1, -0.05) is 29.8 Å². The summed E-state index contributed by atoms with van der Waals surface area (Å²) in [4.78, 5) is 16.3. The highest BCUT2D eigenvalue weighted by atomic mass is 16.2. The lowest BCUT2D eigenvalue weighted by atomic mass is 10.1. The molecular weight excluding hydrogens is 300 g/mol. The number of piperazine rings is 1. The summed E-state index contributed by atoms with van der Waals surface area (Å²) in [6.45, 7) is 4.73. The number of benzene rings is 2. The SMILES string of the molecule is Cc1ccc(NC(=O)N2CCN(c3ccccc3C#N)CC2)cc1. The summed E-state index contributed by atoms with van der Waals surface area (Å²) in [5, 5.41) is 12.2. The third-order valence-corrected chi connectivity index (χ3v) is 4.23. The second-order valence-corrected chi connectivity index (χ2v) is 5.90. The van der Waals surface area contributed by atoms with Gasteiger partial charge in [0, 0.05) is 31.9 Å². The number of anilines is 2. The molecule has 1 aliphatic heterocycles. The molecule has 2 aromatic carbocycles. The van der Waals surface area contributed by atoms with Crippen LogP contribution in [0.5, 0.6) is 0 Å². The number of nitriles is 1. The van der Waals surface area contributed by atoms with Crippen LogP contribution in [0.4, 0.5) is 16.2 Å². The van der Waals surface area contributed by atoms with Crippen LogP contribution in [0.3, 0.4) is 0 Å². The van der Waals surface area contributed by atoms with Crippen molar-refractivity contribution in [2.24, 2.45) is 0 Å². The molecule has 5 heteroatoms. The van der Waals surface area contributed by atoms with E-state index in [9.17, 15) is 10.1 Å². The molecule has 1 fully saturated rings. The molecular formula is C19H20N4O. The molecule has 0 radical (unpaired) electrons. The second kappa shape index (κ2) is 7.05. The number of hydrogen-bond acceptors (Lipinski definition) is 3. The molecule has 1 N–H and O–H groups in total. The number of urea groups is 1. The van der Waals surface area contributed by atoms with E-state index in [0.717, 1.165) is 30.0 Å². The van der Waals surface area contributed by atoms with Gasteiger partial charge in [-0.15, -0.1) is 0 Å². The Kier molecular flexibility index (Phi) is 4.66. The molecule has 1 aliphatic rings. The van der Waals surface area contributed by atoms with Crippen molar-refractivity contribution in [2.45, 2.75) is 6.92 Å². The molecule has 0 unspecified atom stereocenters. The molecule has 2 amide bonds. The fourth-order valence-corrected chi connectivity index (χ4v) is 2.83. The Labute approximate surface area is 142 Å². The molecule has 0 aliphatic carbocycles. The zero-order valence-electron chi connectivity index (χ0n) is 13.7. The topological polar surface area (TPSA) is 59.4 Å². The zero-order chi connectivity index (χ0) is 16.9. The van der Waals surface area contributed by atoms with Crippen molar-refractivity contribution in [3.8, 4) is 6.07 Å². The minimum absolute atomic E-state index is 0.0768. The van der Waals surface area contributed by atoms with E-state index >= 15 is 0 Å². The first-order valence-electron chi connectivity index (χ1n) is 8.04. The van der Waals surface area contributed by atoms with E-state index in [1.54, 1.807) is 0 Å². The number of rotatable bonds is 2. The predicted molar refractivity (Wildman–Crippen MR) is 95.1 cm³/mol. The molecule has 1 saturated heterocycles. The number of nitrogens with zero attached hydrogens (tertiary/aromatic N) is 3. The first-order valence-corrected chi connectivity index (χ1v) is 8.04. The largest absolute Gasteiger partial charge is 0.367 e. The van der Waals surface area contributed by atoms with E-state index in [4.69, 9.17) is 0 Å². The Bertz CT molecular complexity index is 756. The van der Waals surface area contributed by atoms with Crippen LogP contribution in [-0.4, -0.2) is 37.1 Å². The third-order valence-electron chi connectivity index (χ3n) is 4.23. The van der Waals surface area contributed by atoms with E-state index in [-0.39, 0.29) is 6.03 Å². The van der Waals surface area contributed by atoms with E-state index in [1.165, 1.54) is 0 Å². The lowest BCUT2D eigenvalue weighted by Crippen LogP contribution is -2.50. The Hall–Kier alpha value is -3.00. The van der Waals surface area contributed by atoms with Gasteiger partial charge in [-0.25, -0.2) is 4.79 Å². The van der Waals surface area contributed by atoms with E-state index in [0.29, 0.717) is 18.7 Å². The Morgan fingerprint density at radius 1 is 1.04 bits per heavy atom. The van der Waals surface area contributed by atoms with Gasteiger partial charge in [-0.3, -0.25) is 0 Å². The van der Waals surface area contributed by atoms with Gasteiger partial charge in [0.05, 0.1) is 11.3 Å². The van der Waals surface area contributed by atoms with Crippen LogP contribution in [0.15, 0.2) is 48.5 Å². The first kappa shape index (κ1) is 15.9. The van der Waals surface area contributed by atoms with Gasteiger partial charge in [0.2, 0.25) is 0 Å². The number of carbonyl (C=O) groups is 1. The van der Waals surface area contributed by atoms with Gasteiger partial charge in [0.1, 0.15) is 6.07 Å². The minimum Gasteiger partial charge on any atom is -0.367 e. The van der Waals surface area contributed by atoms with Gasteiger partial charge >= 0.3 is 6.03 Å². The summed E-state index contributed by atoms with van der Waals surface area (Å²) in [7, 11) is 0. The van der Waals surface area contributed by atoms with Crippen LogP contribution >= 0.6 is 0 Å². The zero-order valence-corrected chi connectivity index (χ0v) is 13.7. The molecule has 2 aromatic rings. The van der Waals surface area contributed by atoms with Crippen LogP contribution in [0, 0.1) is 18.3 Å². The maximum absolute atomic E-state index is 12.4. The minimum atomic E-state index is -0.0768. The lowest BCUT2D eigenvalue weighted by Gasteiger charge is -2.36. The van der Waals surface area contributed by atoms with Crippen molar-refractivity contribution >= 4 is 17.4 Å². The molecule has 0 saturated carbocycles. The van der Waals surface area contributed by atoms with Crippen molar-refractivity contribution in [1.29, 1.82) is 5.26 Å². The molecule has 122 valence electrons. The molecule has 5 nitrogen and oxygen atoms in total. The third kappa shape index (κ3) is 3.49. The van der Waals surface area contributed by atoms with Gasteiger partial charge < -0.3 is 15.1 Å². The molecule has 0 spiro atoms. The van der Waals surface area contributed by atoms with Gasteiger partial charge in [-0.2, -0.15) is 5.26 Å². The smallest absolute Gasteiger partial charge is 0.321 e. The summed E-state index contributed by atoms with van der Waals surface area (Å²) in [6.07, 6.45) is 0. The molecule has 0 bridgehead atoms. The summed E-state index contributed by atoms with van der Waals surface area (Å²) in [5.41, 5.74) is 3.59. The average Bonchev–Trinajstić information content (AvgIpc) is 2.63. The Balaban J connectivity index is 1.59. The van der Waals surface area contributed by atoms with Crippen molar-refractivity contribution in [3.63, 3.8) is 0 Å². The summed E-state index contributed by atoms with van der Waals surface area (Å²) < 4.78 is 0. The summed E-state index contributed by atoms with van der Waals surface area (Å²) >= 11 is 0. The molecule has 0 atom stereocenters. The fourth-order valence-electron chi connectivity index (χ4n) is 2.83. The maximum atomic E-state index is 12.4. The van der Waals surface area contributed by atoms with Crippen molar-refractivity contribution in [1.82, 2.24) is 4.90 Å². The predicted octanol–water partition coefficient (Wildman–Crippen LogP) is 3.22. The molecule has 3 rings (SSSR count). The molecule has 24 heavy (non-hydrogen) atoms. The molecule has 1 heterocycles. The van der Waals surface area contributed by atoms with E-state index in [1.807, 2.05) is 60.4 Å². The second-order valence-electron chi connectivity index (χ2n) is 5.90. The van der Waals surface area contributed by atoms with Crippen LogP contribution < -0.4 is 10.2 Å². The fraction of sp³-hybridized carbons (Fsp3) is 0.263. The number of aryl methyl sites for hydroxylation is 1. The quantitative estimate of drug-likeness (QED) is 0.924. The number of amides is 2. The average molecular weight is 320 g/mol. The van der Waals surface area contributed by atoms with E-state index in [2.05, 4.69) is 16.3 Å². The molecule has 0 aromatic heterocycles. The van der Waals surface area contributed by atoms with Crippen molar-refractivity contribution < 1.29 is 4.79 Å². The standard InChI is InChI=1S/C19H20N4O/c1-15-6-8-17(9-7-15)21-19(24)23-12-10-22(11-13-23)18-5-3-2-4-16(18)14-20/h2-9H,10-13H2,1H3,(H,21,24). The van der Waals surface area contributed by atoms with Crippen LogP contribution in [0.25, 0.3) is 0 Å². The maximum Gasteiger partial charge on any atom is 0.321 e. The van der Waals surface area contributed by atoms with Gasteiger partial charge in [-0.05, 0) is 31.2 Å². The van der Waals surface area contributed by atoms with Crippen LogP contribution in [0.1, 0.15) is 11.1 Å². The van der Waals surface area contributed by atoms with E-state index < -0.39 is 0 Å². The van der Waals surface area contributed by atoms with Crippen LogP contribution in [0.2, 0.25) is 0 Å². The number of para-hydroxylation sites is 1. The summed E-state index contributed by atoms with van der Waals surface area (Å²) in [6, 6.07) is 17.5. The Morgan fingerprint density at radius 2 is 1.71 bits per heavy atom. The normalized spacial score (nSPS) is 14.2. The van der Waals surface area contributed by atoms with Crippen LogP contribution in [-0.2, 0) is 0 Å². The monoisotopic (exact) mass is 320 g/mol. The van der Waals surface area contributed by atoms with Gasteiger partial charge in [0.15, 0.2) is 0 Å². The number of carbonyl (C=O) groups excluding carboxylic acids is 1. The Morgan fingerprint density at radius 3 is 2.38 bits per heavy atom. The van der Waals surface area contributed by atoms with Gasteiger partial charge in [0.25, 0.3) is 0 Å². The van der Waals surface area contributed by atoms with Crippen molar-refractivity contribution in [2.75, 3.05) is 36.4 Å². The first-order chi connectivity index (χ1) is 11.7. The number of nitrogens with one attached hydrogen (secondary N) is 1.